The van der Waals surface area contributed by atoms with Gasteiger partial charge in [-0.05, 0) is 42.6 Å². The Morgan fingerprint density at radius 2 is 1.97 bits per heavy atom. The molecule has 0 aliphatic carbocycles. The summed E-state index contributed by atoms with van der Waals surface area (Å²) in [6, 6.07) is 14.9. The lowest BCUT2D eigenvalue weighted by atomic mass is 9.89. The Kier molecular flexibility index (Phi) is 8.65. The van der Waals surface area contributed by atoms with E-state index in [2.05, 4.69) is 17.0 Å². The van der Waals surface area contributed by atoms with Crippen LogP contribution in [0.3, 0.4) is 0 Å². The van der Waals surface area contributed by atoms with Gasteiger partial charge in [-0.25, -0.2) is 4.39 Å². The monoisotopic (exact) mass is 435 g/mol. The molecule has 1 saturated heterocycles. The van der Waals surface area contributed by atoms with Crippen molar-refractivity contribution in [3.63, 3.8) is 0 Å². The van der Waals surface area contributed by atoms with Crippen LogP contribution in [-0.4, -0.2) is 55.5 Å². The average molecular weight is 436 g/mol. The van der Waals surface area contributed by atoms with Crippen molar-refractivity contribution in [1.29, 1.82) is 0 Å². The summed E-state index contributed by atoms with van der Waals surface area (Å²) < 4.78 is 18.9. The molecule has 2 aromatic rings. The zero-order chi connectivity index (χ0) is 21.0. The molecule has 3 rings (SSSR count). The van der Waals surface area contributed by atoms with Gasteiger partial charge >= 0.3 is 0 Å². The largest absolute Gasteiger partial charge is 0.494 e. The van der Waals surface area contributed by atoms with Crippen LogP contribution in [0.2, 0.25) is 0 Å². The van der Waals surface area contributed by atoms with Crippen molar-refractivity contribution in [2.24, 2.45) is 11.7 Å². The lowest BCUT2D eigenvalue weighted by Crippen LogP contribution is -2.45. The molecule has 0 spiro atoms. The van der Waals surface area contributed by atoms with Crippen molar-refractivity contribution in [3.05, 3.63) is 65.5 Å². The van der Waals surface area contributed by atoms with Gasteiger partial charge in [0.05, 0.1) is 13.2 Å². The summed E-state index contributed by atoms with van der Waals surface area (Å²) in [5, 5.41) is 0. The molecule has 30 heavy (non-hydrogen) atoms. The van der Waals surface area contributed by atoms with Crippen molar-refractivity contribution < 1.29 is 13.9 Å². The van der Waals surface area contributed by atoms with Crippen LogP contribution in [0.25, 0.3) is 0 Å². The third kappa shape index (κ3) is 5.31. The minimum atomic E-state index is -0.421. The van der Waals surface area contributed by atoms with Gasteiger partial charge in [-0.15, -0.1) is 12.4 Å². The van der Waals surface area contributed by atoms with Crippen molar-refractivity contribution >= 4 is 18.3 Å². The van der Waals surface area contributed by atoms with E-state index in [0.29, 0.717) is 24.9 Å². The second-order valence-corrected chi connectivity index (χ2v) is 7.81. The number of rotatable bonds is 7. The molecule has 1 amide bonds. The maximum absolute atomic E-state index is 13.9. The van der Waals surface area contributed by atoms with Crippen LogP contribution in [0.1, 0.15) is 24.0 Å². The summed E-state index contributed by atoms with van der Waals surface area (Å²) in [5.41, 5.74) is 8.03. The van der Waals surface area contributed by atoms with Crippen LogP contribution in [0.4, 0.5) is 4.39 Å². The maximum atomic E-state index is 13.9. The third-order valence-electron chi connectivity index (χ3n) is 5.92. The number of benzene rings is 2. The lowest BCUT2D eigenvalue weighted by molar-refractivity contribution is -0.135. The van der Waals surface area contributed by atoms with Gasteiger partial charge in [0.15, 0.2) is 11.6 Å². The number of hydrogen-bond donors (Lipinski definition) is 1. The number of amides is 1. The Bertz CT molecular complexity index is 836. The molecule has 1 aliphatic rings. The van der Waals surface area contributed by atoms with Gasteiger partial charge in [0.2, 0.25) is 5.91 Å². The summed E-state index contributed by atoms with van der Waals surface area (Å²) in [5.74, 6) is 0.458. The molecule has 7 heteroatoms. The first-order chi connectivity index (χ1) is 13.9. The van der Waals surface area contributed by atoms with E-state index in [4.69, 9.17) is 10.5 Å². The molecule has 3 atom stereocenters. The number of likely N-dealkylation sites (N-methyl/N-ethyl adjacent to an activating group) is 1. The highest BCUT2D eigenvalue weighted by molar-refractivity contribution is 5.85. The van der Waals surface area contributed by atoms with E-state index in [0.717, 1.165) is 18.7 Å². The number of halogens is 2. The molecule has 0 aromatic heterocycles. The fourth-order valence-corrected chi connectivity index (χ4v) is 4.17. The van der Waals surface area contributed by atoms with Crippen LogP contribution < -0.4 is 10.5 Å². The molecule has 2 aromatic carbocycles. The number of nitrogens with zero attached hydrogens (tertiary/aromatic N) is 2. The van der Waals surface area contributed by atoms with Gasteiger partial charge in [0.25, 0.3) is 0 Å². The topological polar surface area (TPSA) is 58.8 Å². The molecular formula is C23H31ClFN3O2. The van der Waals surface area contributed by atoms with E-state index in [1.165, 1.54) is 18.7 Å². The van der Waals surface area contributed by atoms with Crippen LogP contribution in [0, 0.1) is 11.7 Å². The highest BCUT2D eigenvalue weighted by Gasteiger charge is 2.37. The standard InChI is InChI=1S/C23H30FN3O2.ClH/c1-16(23(28)26(2)13-17-9-10-22(29-3)21(24)11-17)27-14-19(12-25)20(15-27)18-7-5-4-6-8-18;/h4-11,16,19-20H,12-15,25H2,1-3H3;1H/t16?,19-,20+;/m1./s1. The fraction of sp³-hybridized carbons (Fsp3) is 0.435. The first-order valence-corrected chi connectivity index (χ1v) is 10.0. The van der Waals surface area contributed by atoms with E-state index < -0.39 is 5.82 Å². The van der Waals surface area contributed by atoms with Gasteiger partial charge in [0, 0.05) is 32.6 Å². The summed E-state index contributed by atoms with van der Waals surface area (Å²) in [6.45, 7) is 4.49. The summed E-state index contributed by atoms with van der Waals surface area (Å²) >= 11 is 0. The highest BCUT2D eigenvalue weighted by Crippen LogP contribution is 2.33. The summed E-state index contributed by atoms with van der Waals surface area (Å²) in [7, 11) is 3.19. The molecule has 1 unspecified atom stereocenters. The van der Waals surface area contributed by atoms with Gasteiger partial charge in [0.1, 0.15) is 0 Å². The number of ether oxygens (including phenoxy) is 1. The third-order valence-corrected chi connectivity index (χ3v) is 5.92. The van der Waals surface area contributed by atoms with Crippen molar-refractivity contribution in [2.75, 3.05) is 33.8 Å². The molecule has 1 heterocycles. The molecule has 1 fully saturated rings. The first kappa shape index (κ1) is 24.1. The second kappa shape index (κ2) is 10.8. The number of carbonyl (C=O) groups excluding carboxylic acids is 1. The molecule has 0 bridgehead atoms. The minimum Gasteiger partial charge on any atom is -0.494 e. The second-order valence-electron chi connectivity index (χ2n) is 7.81. The van der Waals surface area contributed by atoms with Crippen LogP contribution in [0.5, 0.6) is 5.75 Å². The maximum Gasteiger partial charge on any atom is 0.239 e. The van der Waals surface area contributed by atoms with Crippen LogP contribution >= 0.6 is 12.4 Å². The zero-order valence-corrected chi connectivity index (χ0v) is 18.6. The highest BCUT2D eigenvalue weighted by atomic mass is 35.5. The van der Waals surface area contributed by atoms with E-state index in [1.54, 1.807) is 24.1 Å². The number of carbonyl (C=O) groups is 1. The van der Waals surface area contributed by atoms with Gasteiger partial charge in [-0.3, -0.25) is 9.69 Å². The Morgan fingerprint density at radius 1 is 1.27 bits per heavy atom. The van der Waals surface area contributed by atoms with Gasteiger partial charge in [-0.1, -0.05) is 36.4 Å². The molecule has 0 saturated carbocycles. The predicted octanol–water partition coefficient (Wildman–Crippen LogP) is 3.28. The van der Waals surface area contributed by atoms with Gasteiger partial charge in [-0.2, -0.15) is 0 Å². The van der Waals surface area contributed by atoms with Crippen molar-refractivity contribution in [1.82, 2.24) is 9.80 Å². The number of likely N-dealkylation sites (tertiary alicyclic amines) is 1. The molecule has 5 nitrogen and oxygen atoms in total. The smallest absolute Gasteiger partial charge is 0.239 e. The average Bonchev–Trinajstić information content (AvgIpc) is 3.18. The first-order valence-electron chi connectivity index (χ1n) is 10.0. The van der Waals surface area contributed by atoms with E-state index in [1.807, 2.05) is 25.1 Å². The predicted molar refractivity (Wildman–Crippen MR) is 119 cm³/mol. The van der Waals surface area contributed by atoms with E-state index in [-0.39, 0.29) is 30.1 Å². The number of hydrogen-bond acceptors (Lipinski definition) is 4. The fourth-order valence-electron chi connectivity index (χ4n) is 4.17. The van der Waals surface area contributed by atoms with E-state index in [9.17, 15) is 9.18 Å². The van der Waals surface area contributed by atoms with Crippen molar-refractivity contribution in [2.45, 2.75) is 25.4 Å². The molecule has 2 N–H and O–H groups in total. The minimum absolute atomic E-state index is 0. The van der Waals surface area contributed by atoms with Crippen LogP contribution in [-0.2, 0) is 11.3 Å². The van der Waals surface area contributed by atoms with E-state index >= 15 is 0 Å². The molecule has 0 radical (unpaired) electrons. The Hall–Kier alpha value is -2.15. The Labute approximate surface area is 184 Å². The summed E-state index contributed by atoms with van der Waals surface area (Å²) in [6.07, 6.45) is 0. The Balaban J connectivity index is 0.00000320. The summed E-state index contributed by atoms with van der Waals surface area (Å²) in [4.78, 5) is 16.9. The molecular weight excluding hydrogens is 405 g/mol. The SMILES string of the molecule is COc1ccc(CN(C)C(=O)C(C)N2C[C@@H](CN)[C@H](c3ccccc3)C2)cc1F.Cl. The number of methoxy groups -OCH3 is 1. The van der Waals surface area contributed by atoms with Crippen molar-refractivity contribution in [3.8, 4) is 5.75 Å². The molecule has 1 aliphatic heterocycles. The normalized spacial score (nSPS) is 19.8. The molecule has 164 valence electrons. The quantitative estimate of drug-likeness (QED) is 0.725. The number of nitrogens with two attached hydrogens (primary N) is 1. The van der Waals surface area contributed by atoms with Gasteiger partial charge < -0.3 is 15.4 Å². The lowest BCUT2D eigenvalue weighted by Gasteiger charge is -2.28. The Morgan fingerprint density at radius 3 is 2.57 bits per heavy atom. The zero-order valence-electron chi connectivity index (χ0n) is 17.8. The van der Waals surface area contributed by atoms with Crippen LogP contribution in [0.15, 0.2) is 48.5 Å².